The van der Waals surface area contributed by atoms with Crippen molar-refractivity contribution < 1.29 is 4.74 Å². The van der Waals surface area contributed by atoms with E-state index in [0.717, 1.165) is 11.3 Å². The lowest BCUT2D eigenvalue weighted by molar-refractivity contribution is 0.410. The minimum absolute atomic E-state index is 0.567. The van der Waals surface area contributed by atoms with Gasteiger partial charge >= 0.3 is 0 Å². The molecular formula is C11H14ClN5O. The molecule has 0 aliphatic heterocycles. The molecule has 0 unspecified atom stereocenters. The summed E-state index contributed by atoms with van der Waals surface area (Å²) in [6.45, 7) is 2.49. The van der Waals surface area contributed by atoms with E-state index in [-0.39, 0.29) is 0 Å². The van der Waals surface area contributed by atoms with E-state index in [0.29, 0.717) is 23.1 Å². The number of benzene rings is 1. The summed E-state index contributed by atoms with van der Waals surface area (Å²) in [5.41, 5.74) is 1.72. The predicted octanol–water partition coefficient (Wildman–Crippen LogP) is 1.35. The molecule has 1 N–H and O–H groups in total. The lowest BCUT2D eigenvalue weighted by atomic mass is 10.2. The molecule has 6 nitrogen and oxygen atoms in total. The highest BCUT2D eigenvalue weighted by Gasteiger charge is 2.14. The quantitative estimate of drug-likeness (QED) is 0.906. The summed E-state index contributed by atoms with van der Waals surface area (Å²) in [5, 5.41) is 15.3. The number of nitrogens with one attached hydrogen (secondary N) is 1. The van der Waals surface area contributed by atoms with Gasteiger partial charge in [-0.15, -0.1) is 5.10 Å². The zero-order chi connectivity index (χ0) is 13.1. The van der Waals surface area contributed by atoms with Gasteiger partial charge in [-0.25, -0.2) is 0 Å². The standard InChI is InChI=1S/C11H14ClN5O/c1-7-4-9(10(18-3)5-8(7)12)17-11(6-13-2)14-15-16-17/h4-5,13H,6H2,1-3H3. The second-order valence-electron chi connectivity index (χ2n) is 3.81. The highest BCUT2D eigenvalue weighted by atomic mass is 35.5. The van der Waals surface area contributed by atoms with Gasteiger partial charge in [0.25, 0.3) is 0 Å². The number of rotatable bonds is 4. The van der Waals surface area contributed by atoms with Crippen molar-refractivity contribution in [2.75, 3.05) is 14.2 Å². The first-order chi connectivity index (χ1) is 8.67. The van der Waals surface area contributed by atoms with E-state index in [4.69, 9.17) is 16.3 Å². The number of methoxy groups -OCH3 is 1. The maximum atomic E-state index is 6.07. The third kappa shape index (κ3) is 2.30. The fraction of sp³-hybridized carbons (Fsp3) is 0.364. The number of aromatic nitrogens is 4. The van der Waals surface area contributed by atoms with Crippen LogP contribution in [-0.2, 0) is 6.54 Å². The van der Waals surface area contributed by atoms with Crippen molar-refractivity contribution in [1.82, 2.24) is 25.5 Å². The Morgan fingerprint density at radius 3 is 2.89 bits per heavy atom. The van der Waals surface area contributed by atoms with E-state index in [1.54, 1.807) is 17.9 Å². The predicted molar refractivity (Wildman–Crippen MR) is 68.2 cm³/mol. The topological polar surface area (TPSA) is 64.9 Å². The van der Waals surface area contributed by atoms with Crippen LogP contribution in [0.5, 0.6) is 5.75 Å². The molecule has 0 radical (unpaired) electrons. The summed E-state index contributed by atoms with van der Waals surface area (Å²) < 4.78 is 6.95. The molecule has 0 aliphatic rings. The Bertz CT molecular complexity index is 554. The molecule has 1 aromatic carbocycles. The van der Waals surface area contributed by atoms with Gasteiger partial charge in [0.2, 0.25) is 0 Å². The number of tetrazole rings is 1. The summed E-state index contributed by atoms with van der Waals surface area (Å²) in [5.74, 6) is 1.34. The van der Waals surface area contributed by atoms with Crippen LogP contribution >= 0.6 is 11.6 Å². The van der Waals surface area contributed by atoms with Crippen molar-refractivity contribution in [3.05, 3.63) is 28.5 Å². The zero-order valence-electron chi connectivity index (χ0n) is 10.4. The molecule has 0 fully saturated rings. The summed E-state index contributed by atoms with van der Waals surface area (Å²) in [6.07, 6.45) is 0. The van der Waals surface area contributed by atoms with Gasteiger partial charge in [-0.2, -0.15) is 4.68 Å². The Hall–Kier alpha value is -1.66. The molecule has 96 valence electrons. The monoisotopic (exact) mass is 267 g/mol. The third-order valence-electron chi connectivity index (χ3n) is 2.56. The molecule has 1 aromatic heterocycles. The minimum Gasteiger partial charge on any atom is -0.494 e. The molecule has 0 atom stereocenters. The van der Waals surface area contributed by atoms with Crippen LogP contribution in [0.15, 0.2) is 12.1 Å². The normalized spacial score (nSPS) is 10.7. The largest absolute Gasteiger partial charge is 0.494 e. The van der Waals surface area contributed by atoms with E-state index < -0.39 is 0 Å². The van der Waals surface area contributed by atoms with Gasteiger partial charge < -0.3 is 10.1 Å². The first kappa shape index (κ1) is 12.8. The summed E-state index contributed by atoms with van der Waals surface area (Å²) in [4.78, 5) is 0. The first-order valence-corrected chi connectivity index (χ1v) is 5.81. The highest BCUT2D eigenvalue weighted by molar-refractivity contribution is 6.31. The molecule has 0 aliphatic carbocycles. The molecule has 7 heteroatoms. The number of hydrogen-bond donors (Lipinski definition) is 1. The van der Waals surface area contributed by atoms with E-state index >= 15 is 0 Å². The molecule has 0 spiro atoms. The lowest BCUT2D eigenvalue weighted by Crippen LogP contribution is -2.13. The molecule has 2 aromatic rings. The van der Waals surface area contributed by atoms with Gasteiger partial charge in [0.15, 0.2) is 5.82 Å². The Morgan fingerprint density at radius 1 is 1.44 bits per heavy atom. The van der Waals surface area contributed by atoms with Crippen LogP contribution in [0, 0.1) is 6.92 Å². The maximum absolute atomic E-state index is 6.07. The molecule has 1 heterocycles. The van der Waals surface area contributed by atoms with Gasteiger partial charge in [0, 0.05) is 11.1 Å². The van der Waals surface area contributed by atoms with Crippen LogP contribution in [0.1, 0.15) is 11.4 Å². The van der Waals surface area contributed by atoms with E-state index in [9.17, 15) is 0 Å². The summed E-state index contributed by atoms with van der Waals surface area (Å²) in [6, 6.07) is 3.66. The third-order valence-corrected chi connectivity index (χ3v) is 2.96. The van der Waals surface area contributed by atoms with Crippen molar-refractivity contribution in [2.45, 2.75) is 13.5 Å². The van der Waals surface area contributed by atoms with Crippen molar-refractivity contribution in [1.29, 1.82) is 0 Å². The molecular weight excluding hydrogens is 254 g/mol. The van der Waals surface area contributed by atoms with Crippen LogP contribution in [0.2, 0.25) is 5.02 Å². The zero-order valence-corrected chi connectivity index (χ0v) is 11.2. The minimum atomic E-state index is 0.567. The Kier molecular flexibility index (Phi) is 3.78. The van der Waals surface area contributed by atoms with Gasteiger partial charge in [0.1, 0.15) is 11.4 Å². The molecule has 0 amide bonds. The van der Waals surface area contributed by atoms with Crippen LogP contribution in [0.3, 0.4) is 0 Å². The Balaban J connectivity index is 2.55. The molecule has 0 saturated heterocycles. The van der Waals surface area contributed by atoms with Crippen molar-refractivity contribution in [2.24, 2.45) is 0 Å². The average Bonchev–Trinajstić information content (AvgIpc) is 2.80. The molecule has 18 heavy (non-hydrogen) atoms. The number of aryl methyl sites for hydroxylation is 1. The van der Waals surface area contributed by atoms with Crippen molar-refractivity contribution in [3.8, 4) is 11.4 Å². The smallest absolute Gasteiger partial charge is 0.170 e. The average molecular weight is 268 g/mol. The summed E-state index contributed by atoms with van der Waals surface area (Å²) >= 11 is 6.07. The van der Waals surface area contributed by atoms with Crippen LogP contribution in [0.25, 0.3) is 5.69 Å². The number of nitrogens with zero attached hydrogens (tertiary/aromatic N) is 4. The van der Waals surface area contributed by atoms with Gasteiger partial charge in [-0.1, -0.05) is 11.6 Å². The maximum Gasteiger partial charge on any atom is 0.170 e. The fourth-order valence-corrected chi connectivity index (χ4v) is 1.79. The van der Waals surface area contributed by atoms with E-state index in [1.165, 1.54) is 0 Å². The second-order valence-corrected chi connectivity index (χ2v) is 4.22. The second kappa shape index (κ2) is 5.32. The highest BCUT2D eigenvalue weighted by Crippen LogP contribution is 2.29. The number of ether oxygens (including phenoxy) is 1. The Morgan fingerprint density at radius 2 is 2.22 bits per heavy atom. The SMILES string of the molecule is CNCc1nnnn1-c1cc(C)c(Cl)cc1OC. The molecule has 0 saturated carbocycles. The van der Waals surface area contributed by atoms with E-state index in [2.05, 4.69) is 20.8 Å². The number of halogens is 1. The van der Waals surface area contributed by atoms with Crippen LogP contribution < -0.4 is 10.1 Å². The molecule has 2 rings (SSSR count). The number of hydrogen-bond acceptors (Lipinski definition) is 5. The Labute approximate surface area is 110 Å². The lowest BCUT2D eigenvalue weighted by Gasteiger charge is -2.11. The molecule has 0 bridgehead atoms. The van der Waals surface area contributed by atoms with Crippen molar-refractivity contribution in [3.63, 3.8) is 0 Å². The van der Waals surface area contributed by atoms with Gasteiger partial charge in [-0.05, 0) is 36.0 Å². The van der Waals surface area contributed by atoms with Crippen LogP contribution in [0.4, 0.5) is 0 Å². The van der Waals surface area contributed by atoms with Gasteiger partial charge in [-0.3, -0.25) is 0 Å². The van der Waals surface area contributed by atoms with Crippen molar-refractivity contribution >= 4 is 11.6 Å². The van der Waals surface area contributed by atoms with Crippen LogP contribution in [-0.4, -0.2) is 34.4 Å². The summed E-state index contributed by atoms with van der Waals surface area (Å²) in [7, 11) is 3.43. The fourth-order valence-electron chi connectivity index (χ4n) is 1.64. The first-order valence-electron chi connectivity index (χ1n) is 5.43. The van der Waals surface area contributed by atoms with E-state index in [1.807, 2.05) is 20.0 Å². The van der Waals surface area contributed by atoms with Gasteiger partial charge in [0.05, 0.1) is 13.7 Å².